The number of rotatable bonds is 3. The van der Waals surface area contributed by atoms with Crippen molar-refractivity contribution in [3.05, 3.63) is 57.3 Å². The van der Waals surface area contributed by atoms with Gasteiger partial charge in [-0.25, -0.2) is 4.39 Å². The number of hydrogen-bond donors (Lipinski definition) is 2. The lowest BCUT2D eigenvalue weighted by Gasteiger charge is -2.12. The minimum Gasteiger partial charge on any atom is -0.389 e. The van der Waals surface area contributed by atoms with Gasteiger partial charge in [0, 0.05) is 26.4 Å². The Bertz CT molecular complexity index is 628. The molecule has 0 bridgehead atoms. The summed E-state index contributed by atoms with van der Waals surface area (Å²) in [5, 5.41) is 3.37. The van der Waals surface area contributed by atoms with Crippen molar-refractivity contribution < 1.29 is 4.39 Å². The fraction of sp³-hybridized carbons (Fsp3) is 0. The van der Waals surface area contributed by atoms with E-state index in [0.29, 0.717) is 22.0 Å². The molecule has 98 valence electrons. The van der Waals surface area contributed by atoms with E-state index in [1.807, 2.05) is 6.07 Å². The monoisotopic (exact) mass is 358 g/mol. The Labute approximate surface area is 128 Å². The number of nitrogens with one attached hydrogen (secondary N) is 1. The van der Waals surface area contributed by atoms with Crippen LogP contribution in [0.4, 0.5) is 15.8 Å². The van der Waals surface area contributed by atoms with Crippen LogP contribution in [-0.4, -0.2) is 4.99 Å². The van der Waals surface area contributed by atoms with E-state index in [2.05, 4.69) is 21.2 Å². The van der Waals surface area contributed by atoms with Crippen LogP contribution >= 0.6 is 39.7 Å². The third kappa shape index (κ3) is 3.65. The molecule has 6 heteroatoms. The highest BCUT2D eigenvalue weighted by Crippen LogP contribution is 2.26. The maximum Gasteiger partial charge on any atom is 0.126 e. The van der Waals surface area contributed by atoms with Crippen molar-refractivity contribution in [1.29, 1.82) is 0 Å². The molecule has 0 aromatic heterocycles. The van der Waals surface area contributed by atoms with Crippen LogP contribution in [0.5, 0.6) is 0 Å². The molecule has 0 unspecified atom stereocenters. The van der Waals surface area contributed by atoms with Crippen molar-refractivity contribution in [3.8, 4) is 0 Å². The van der Waals surface area contributed by atoms with Crippen LogP contribution in [0.3, 0.4) is 0 Å². The SMILES string of the molecule is NC(=S)c1cc(Br)ccc1Nc1cc(F)cc(Cl)c1. The number of nitrogens with two attached hydrogens (primary N) is 1. The molecule has 0 aliphatic carbocycles. The molecule has 19 heavy (non-hydrogen) atoms. The Hall–Kier alpha value is -1.17. The lowest BCUT2D eigenvalue weighted by atomic mass is 10.1. The average molecular weight is 360 g/mol. The summed E-state index contributed by atoms with van der Waals surface area (Å²) in [4.78, 5) is 0.256. The number of halogens is 3. The van der Waals surface area contributed by atoms with Gasteiger partial charge in [0.1, 0.15) is 10.8 Å². The summed E-state index contributed by atoms with van der Waals surface area (Å²) in [5.74, 6) is -0.413. The van der Waals surface area contributed by atoms with Crippen molar-refractivity contribution in [2.45, 2.75) is 0 Å². The summed E-state index contributed by atoms with van der Waals surface area (Å²) in [5.41, 5.74) is 7.56. The van der Waals surface area contributed by atoms with E-state index in [-0.39, 0.29) is 4.99 Å². The van der Waals surface area contributed by atoms with Crippen LogP contribution < -0.4 is 11.1 Å². The molecule has 2 nitrogen and oxygen atoms in total. The highest BCUT2D eigenvalue weighted by Gasteiger charge is 2.07. The highest BCUT2D eigenvalue weighted by molar-refractivity contribution is 9.10. The van der Waals surface area contributed by atoms with Gasteiger partial charge >= 0.3 is 0 Å². The Morgan fingerprint density at radius 1 is 1.26 bits per heavy atom. The number of anilines is 2. The lowest BCUT2D eigenvalue weighted by molar-refractivity contribution is 0.628. The molecule has 3 N–H and O–H groups in total. The number of benzene rings is 2. The Morgan fingerprint density at radius 2 is 2.00 bits per heavy atom. The second-order valence-corrected chi connectivity index (χ2v) is 5.63. The average Bonchev–Trinajstić information content (AvgIpc) is 2.30. The predicted octanol–water partition coefficient (Wildman–Crippen LogP) is 4.62. The van der Waals surface area contributed by atoms with Crippen LogP contribution in [0.15, 0.2) is 40.9 Å². The molecule has 2 aromatic rings. The van der Waals surface area contributed by atoms with E-state index < -0.39 is 5.82 Å². The molecular weight excluding hydrogens is 351 g/mol. The predicted molar refractivity (Wildman–Crippen MR) is 84.7 cm³/mol. The van der Waals surface area contributed by atoms with Crippen LogP contribution in [0.25, 0.3) is 0 Å². The highest BCUT2D eigenvalue weighted by atomic mass is 79.9. The van der Waals surface area contributed by atoms with E-state index in [1.54, 1.807) is 18.2 Å². The lowest BCUT2D eigenvalue weighted by Crippen LogP contribution is -2.12. The zero-order chi connectivity index (χ0) is 14.0. The van der Waals surface area contributed by atoms with Crippen LogP contribution in [0.1, 0.15) is 5.56 Å². The van der Waals surface area contributed by atoms with Crippen LogP contribution in [0, 0.1) is 5.82 Å². The molecule has 0 saturated carbocycles. The van der Waals surface area contributed by atoms with Gasteiger partial charge in [-0.15, -0.1) is 0 Å². The molecule has 2 aromatic carbocycles. The van der Waals surface area contributed by atoms with Crippen molar-refractivity contribution in [1.82, 2.24) is 0 Å². The third-order valence-corrected chi connectivity index (χ3v) is 3.32. The summed E-state index contributed by atoms with van der Waals surface area (Å²) in [6.45, 7) is 0. The van der Waals surface area contributed by atoms with E-state index in [4.69, 9.17) is 29.6 Å². The standard InChI is InChI=1S/C13H9BrClFN2S/c14-7-1-2-12(11(3-7)13(17)19)18-10-5-8(15)4-9(16)6-10/h1-6,18H,(H2,17,19). The molecule has 0 atom stereocenters. The minimum atomic E-state index is -0.413. The largest absolute Gasteiger partial charge is 0.389 e. The maximum absolute atomic E-state index is 13.3. The summed E-state index contributed by atoms with van der Waals surface area (Å²) in [7, 11) is 0. The molecular formula is C13H9BrClFN2S. The van der Waals surface area contributed by atoms with Gasteiger partial charge in [-0.05, 0) is 36.4 Å². The van der Waals surface area contributed by atoms with Crippen LogP contribution in [-0.2, 0) is 0 Å². The van der Waals surface area contributed by atoms with Gasteiger partial charge in [-0.1, -0.05) is 39.7 Å². The topological polar surface area (TPSA) is 38.0 Å². The Kier molecular flexibility index (Phi) is 4.39. The van der Waals surface area contributed by atoms with E-state index in [1.165, 1.54) is 12.1 Å². The number of thiocarbonyl (C=S) groups is 1. The molecule has 0 saturated heterocycles. The van der Waals surface area contributed by atoms with Gasteiger partial charge in [-0.2, -0.15) is 0 Å². The normalized spacial score (nSPS) is 10.3. The minimum absolute atomic E-state index is 0.256. The summed E-state index contributed by atoms with van der Waals surface area (Å²) < 4.78 is 14.1. The fourth-order valence-electron chi connectivity index (χ4n) is 1.61. The molecule has 0 amide bonds. The first-order valence-electron chi connectivity index (χ1n) is 5.28. The van der Waals surface area contributed by atoms with Gasteiger partial charge < -0.3 is 11.1 Å². The van der Waals surface area contributed by atoms with Crippen molar-refractivity contribution >= 4 is 56.1 Å². The van der Waals surface area contributed by atoms with Crippen molar-refractivity contribution in [3.63, 3.8) is 0 Å². The molecule has 0 radical (unpaired) electrons. The van der Waals surface area contributed by atoms with Gasteiger partial charge in [0.2, 0.25) is 0 Å². The zero-order valence-electron chi connectivity index (χ0n) is 9.58. The molecule has 0 fully saturated rings. The first-order valence-corrected chi connectivity index (χ1v) is 6.86. The second kappa shape index (κ2) is 5.86. The summed E-state index contributed by atoms with van der Waals surface area (Å²) in [6.07, 6.45) is 0. The summed E-state index contributed by atoms with van der Waals surface area (Å²) in [6, 6.07) is 9.64. The third-order valence-electron chi connectivity index (χ3n) is 2.39. The molecule has 0 aliphatic heterocycles. The van der Waals surface area contributed by atoms with E-state index >= 15 is 0 Å². The quantitative estimate of drug-likeness (QED) is 0.785. The first kappa shape index (κ1) is 14.2. The summed E-state index contributed by atoms with van der Waals surface area (Å²) >= 11 is 14.1. The Morgan fingerprint density at radius 3 is 2.63 bits per heavy atom. The van der Waals surface area contributed by atoms with Gasteiger partial charge in [0.15, 0.2) is 0 Å². The van der Waals surface area contributed by atoms with Gasteiger partial charge in [0.25, 0.3) is 0 Å². The second-order valence-electron chi connectivity index (χ2n) is 3.84. The first-order chi connectivity index (χ1) is 8.95. The van der Waals surface area contributed by atoms with Crippen molar-refractivity contribution in [2.75, 3.05) is 5.32 Å². The Balaban J connectivity index is 2.40. The van der Waals surface area contributed by atoms with Crippen molar-refractivity contribution in [2.24, 2.45) is 5.73 Å². The fourth-order valence-corrected chi connectivity index (χ4v) is 2.36. The van der Waals surface area contributed by atoms with E-state index in [0.717, 1.165) is 4.47 Å². The smallest absolute Gasteiger partial charge is 0.126 e. The van der Waals surface area contributed by atoms with Crippen LogP contribution in [0.2, 0.25) is 5.02 Å². The van der Waals surface area contributed by atoms with Gasteiger partial charge in [-0.3, -0.25) is 0 Å². The molecule has 2 rings (SSSR count). The molecule has 0 heterocycles. The van der Waals surface area contributed by atoms with E-state index in [9.17, 15) is 4.39 Å². The molecule has 0 aliphatic rings. The zero-order valence-corrected chi connectivity index (χ0v) is 12.7. The molecule has 0 spiro atoms. The number of hydrogen-bond acceptors (Lipinski definition) is 2. The van der Waals surface area contributed by atoms with Gasteiger partial charge in [0.05, 0.1) is 0 Å². The maximum atomic E-state index is 13.3.